The summed E-state index contributed by atoms with van der Waals surface area (Å²) in [5.74, 6) is -0.0865. The first-order chi connectivity index (χ1) is 13.9. The maximum absolute atomic E-state index is 13.3. The molecule has 0 unspecified atom stereocenters. The summed E-state index contributed by atoms with van der Waals surface area (Å²) in [6.45, 7) is 2.24. The van der Waals surface area contributed by atoms with E-state index >= 15 is 0 Å². The fraction of sp³-hybridized carbons (Fsp3) is 0.381. The highest BCUT2D eigenvalue weighted by molar-refractivity contribution is 7.89. The quantitative estimate of drug-likeness (QED) is 0.814. The van der Waals surface area contributed by atoms with E-state index in [-0.39, 0.29) is 10.8 Å². The van der Waals surface area contributed by atoms with E-state index in [1.807, 2.05) is 43.3 Å². The second-order valence-electron chi connectivity index (χ2n) is 7.40. The first kappa shape index (κ1) is 19.9. The maximum Gasteiger partial charge on any atom is 0.260 e. The molecule has 0 bridgehead atoms. The van der Waals surface area contributed by atoms with Crippen LogP contribution in [0.15, 0.2) is 47.4 Å². The molecular formula is C21H26N4O3S. The zero-order chi connectivity index (χ0) is 20.6. The summed E-state index contributed by atoms with van der Waals surface area (Å²) in [5, 5.41) is 3.08. The zero-order valence-corrected chi connectivity index (χ0v) is 17.6. The fourth-order valence-corrected chi connectivity index (χ4v) is 5.55. The highest BCUT2D eigenvalue weighted by Crippen LogP contribution is 2.41. The van der Waals surface area contributed by atoms with Crippen molar-refractivity contribution in [2.75, 3.05) is 50.1 Å². The lowest BCUT2D eigenvalue weighted by Crippen LogP contribution is -2.36. The van der Waals surface area contributed by atoms with Crippen LogP contribution < -0.4 is 15.1 Å². The number of nitrogens with one attached hydrogen (secondary N) is 1. The third kappa shape index (κ3) is 3.41. The molecule has 154 valence electrons. The van der Waals surface area contributed by atoms with Crippen molar-refractivity contribution in [1.29, 1.82) is 0 Å². The number of amides is 1. The van der Waals surface area contributed by atoms with Crippen molar-refractivity contribution in [1.82, 2.24) is 9.62 Å². The lowest BCUT2D eigenvalue weighted by molar-refractivity contribution is 0.0988. The number of anilines is 3. The third-order valence-electron chi connectivity index (χ3n) is 5.63. The van der Waals surface area contributed by atoms with E-state index in [0.29, 0.717) is 43.1 Å². The number of likely N-dealkylation sites (N-methyl/N-ethyl adjacent to an activating group) is 1. The molecule has 7 nitrogen and oxygen atoms in total. The van der Waals surface area contributed by atoms with E-state index in [0.717, 1.165) is 18.5 Å². The lowest BCUT2D eigenvalue weighted by atomic mass is 10.1. The highest BCUT2D eigenvalue weighted by Gasteiger charge is 2.32. The van der Waals surface area contributed by atoms with Crippen molar-refractivity contribution in [2.45, 2.75) is 17.7 Å². The number of para-hydroxylation sites is 1. The number of nitrogens with zero attached hydrogens (tertiary/aromatic N) is 3. The second kappa shape index (κ2) is 7.78. The van der Waals surface area contributed by atoms with Crippen LogP contribution in [-0.2, 0) is 10.0 Å². The van der Waals surface area contributed by atoms with Crippen LogP contribution in [0.1, 0.15) is 23.2 Å². The van der Waals surface area contributed by atoms with Gasteiger partial charge in [-0.05, 0) is 50.2 Å². The summed E-state index contributed by atoms with van der Waals surface area (Å²) in [5.41, 5.74) is 2.79. The summed E-state index contributed by atoms with van der Waals surface area (Å²) in [7, 11) is 0.174. The monoisotopic (exact) mass is 414 g/mol. The van der Waals surface area contributed by atoms with Gasteiger partial charge in [0.05, 0.1) is 27.5 Å². The Hall–Kier alpha value is -2.42. The Labute approximate surface area is 172 Å². The standard InChI is InChI=1S/C21H26N4O3S/c1-22-11-14-25-19-10-9-16(29(27,28)24-12-5-6-13-24)15-20(19)23(2)18-8-4-3-7-17(18)21(25)26/h3-4,7-10,15,22H,5-6,11-14H2,1-2H3. The van der Waals surface area contributed by atoms with Crippen LogP contribution in [-0.4, -0.2) is 58.9 Å². The SMILES string of the molecule is CNCCN1C(=O)c2ccccc2N(C)c2cc(S(=O)(=O)N3CCCC3)ccc21. The second-order valence-corrected chi connectivity index (χ2v) is 9.34. The summed E-state index contributed by atoms with van der Waals surface area (Å²) in [4.78, 5) is 17.2. The summed E-state index contributed by atoms with van der Waals surface area (Å²) >= 11 is 0. The molecule has 1 saturated heterocycles. The fourth-order valence-electron chi connectivity index (χ4n) is 4.02. The molecule has 29 heavy (non-hydrogen) atoms. The van der Waals surface area contributed by atoms with Gasteiger partial charge in [-0.3, -0.25) is 4.79 Å². The van der Waals surface area contributed by atoms with Gasteiger partial charge in [0.15, 0.2) is 0 Å². The van der Waals surface area contributed by atoms with Crippen molar-refractivity contribution in [3.05, 3.63) is 48.0 Å². The van der Waals surface area contributed by atoms with Gasteiger partial charge in [-0.2, -0.15) is 4.31 Å². The number of hydrogen-bond donors (Lipinski definition) is 1. The molecule has 1 amide bonds. The normalized spacial score (nSPS) is 17.2. The lowest BCUT2D eigenvalue weighted by Gasteiger charge is -2.26. The molecule has 0 radical (unpaired) electrons. The predicted octanol–water partition coefficient (Wildman–Crippen LogP) is 2.42. The maximum atomic E-state index is 13.3. The molecule has 2 aliphatic rings. The first-order valence-electron chi connectivity index (χ1n) is 9.88. The number of fused-ring (bicyclic) bond motifs is 2. The largest absolute Gasteiger partial charge is 0.342 e. The summed E-state index contributed by atoms with van der Waals surface area (Å²) < 4.78 is 27.7. The molecule has 1 N–H and O–H groups in total. The molecule has 2 aromatic rings. The Morgan fingerprint density at radius 2 is 1.72 bits per heavy atom. The van der Waals surface area contributed by atoms with E-state index in [9.17, 15) is 13.2 Å². The number of carbonyl (C=O) groups excluding carboxylic acids is 1. The molecule has 0 spiro atoms. The Bertz CT molecular complexity index is 1030. The van der Waals surface area contributed by atoms with E-state index in [1.165, 1.54) is 0 Å². The summed E-state index contributed by atoms with van der Waals surface area (Å²) in [6, 6.07) is 12.5. The van der Waals surface area contributed by atoms with Crippen LogP contribution in [0.4, 0.5) is 17.1 Å². The smallest absolute Gasteiger partial charge is 0.260 e. The predicted molar refractivity (Wildman–Crippen MR) is 115 cm³/mol. The van der Waals surface area contributed by atoms with Crippen LogP contribution in [0.25, 0.3) is 0 Å². The number of sulfonamides is 1. The van der Waals surface area contributed by atoms with Gasteiger partial charge in [0, 0.05) is 33.2 Å². The van der Waals surface area contributed by atoms with E-state index in [1.54, 1.807) is 27.4 Å². The molecule has 0 atom stereocenters. The first-order valence-corrected chi connectivity index (χ1v) is 11.3. The van der Waals surface area contributed by atoms with Crippen LogP contribution in [0.2, 0.25) is 0 Å². The van der Waals surface area contributed by atoms with Gasteiger partial charge in [0.2, 0.25) is 10.0 Å². The van der Waals surface area contributed by atoms with Crippen molar-refractivity contribution >= 4 is 33.0 Å². The summed E-state index contributed by atoms with van der Waals surface area (Å²) in [6.07, 6.45) is 1.79. The molecule has 2 heterocycles. The molecular weight excluding hydrogens is 388 g/mol. The van der Waals surface area contributed by atoms with Crippen LogP contribution in [0.3, 0.4) is 0 Å². The molecule has 0 saturated carbocycles. The third-order valence-corrected chi connectivity index (χ3v) is 7.52. The molecule has 4 rings (SSSR count). The molecule has 8 heteroatoms. The number of carbonyl (C=O) groups is 1. The highest BCUT2D eigenvalue weighted by atomic mass is 32.2. The van der Waals surface area contributed by atoms with Gasteiger partial charge >= 0.3 is 0 Å². The average Bonchev–Trinajstić information content (AvgIpc) is 3.26. The van der Waals surface area contributed by atoms with E-state index < -0.39 is 10.0 Å². The molecule has 2 aromatic carbocycles. The van der Waals surface area contributed by atoms with Crippen molar-refractivity contribution in [2.24, 2.45) is 0 Å². The molecule has 0 aromatic heterocycles. The van der Waals surface area contributed by atoms with E-state index in [2.05, 4.69) is 5.32 Å². The zero-order valence-electron chi connectivity index (χ0n) is 16.8. The number of hydrogen-bond acceptors (Lipinski definition) is 5. The van der Waals surface area contributed by atoms with Crippen LogP contribution >= 0.6 is 0 Å². The molecule has 2 aliphatic heterocycles. The van der Waals surface area contributed by atoms with Crippen molar-refractivity contribution in [3.63, 3.8) is 0 Å². The van der Waals surface area contributed by atoms with Gasteiger partial charge in [0.25, 0.3) is 5.91 Å². The molecule has 1 fully saturated rings. The van der Waals surface area contributed by atoms with Crippen molar-refractivity contribution < 1.29 is 13.2 Å². The topological polar surface area (TPSA) is 73.0 Å². The van der Waals surface area contributed by atoms with Crippen molar-refractivity contribution in [3.8, 4) is 0 Å². The minimum Gasteiger partial charge on any atom is -0.342 e. The Morgan fingerprint density at radius 3 is 2.45 bits per heavy atom. The minimum absolute atomic E-state index is 0.0865. The van der Waals surface area contributed by atoms with Crippen LogP contribution in [0, 0.1) is 0 Å². The number of benzene rings is 2. The van der Waals surface area contributed by atoms with Gasteiger partial charge in [0.1, 0.15) is 0 Å². The van der Waals surface area contributed by atoms with E-state index in [4.69, 9.17) is 0 Å². The Morgan fingerprint density at radius 1 is 1.00 bits per heavy atom. The minimum atomic E-state index is -3.54. The molecule has 0 aliphatic carbocycles. The van der Waals surface area contributed by atoms with Crippen LogP contribution in [0.5, 0.6) is 0 Å². The van der Waals surface area contributed by atoms with Gasteiger partial charge in [-0.1, -0.05) is 12.1 Å². The number of rotatable bonds is 5. The van der Waals surface area contributed by atoms with Gasteiger partial charge in [-0.15, -0.1) is 0 Å². The average molecular weight is 415 g/mol. The Balaban J connectivity index is 1.86. The van der Waals surface area contributed by atoms with Gasteiger partial charge < -0.3 is 15.1 Å². The Kier molecular flexibility index (Phi) is 5.33. The van der Waals surface area contributed by atoms with Gasteiger partial charge in [-0.25, -0.2) is 8.42 Å².